The predicted octanol–water partition coefficient (Wildman–Crippen LogP) is 16.3. The SMILES string of the molecule is [2H]C([2H])([2H])c1cc(-n2c(-c3cc(C(C)C)cc(C(C)C)c3O)nc3c(-c4cc(-c5cc(-c6ccc(-c7ccccc7)cc6)ccn5)cc(C(C)(C)C)c4)cccc32)cc(-c2ccccc2)c1C([2H])([2H])[2H]. The Kier molecular flexibility index (Phi) is 9.36. The number of hydrogen-bond donors (Lipinski definition) is 1. The molecule has 0 aliphatic heterocycles. The second-order valence-electron chi connectivity index (χ2n) is 18.5. The third-order valence-corrected chi connectivity index (χ3v) is 12.3. The van der Waals surface area contributed by atoms with Gasteiger partial charge in [0.05, 0.1) is 22.3 Å². The largest absolute Gasteiger partial charge is 0.507 e. The van der Waals surface area contributed by atoms with Gasteiger partial charge in [0.2, 0.25) is 0 Å². The summed E-state index contributed by atoms with van der Waals surface area (Å²) in [5.41, 5.74) is 13.0. The van der Waals surface area contributed by atoms with E-state index < -0.39 is 13.7 Å². The van der Waals surface area contributed by atoms with Crippen LogP contribution in [0.25, 0.3) is 83.9 Å². The maximum absolute atomic E-state index is 12.3. The van der Waals surface area contributed by atoms with Crippen molar-refractivity contribution in [2.75, 3.05) is 0 Å². The Morgan fingerprint density at radius 3 is 1.89 bits per heavy atom. The molecule has 4 nitrogen and oxygen atoms in total. The molecule has 0 radical (unpaired) electrons. The number of para-hydroxylation sites is 1. The predicted molar refractivity (Wildman–Crippen MR) is 269 cm³/mol. The standard InChI is InChI=1S/C60H57N3O/c1-37(2)46-33-52(38(3)4)58(64)54(34-46)59-62-57-51(21-16-22-56(57)63(59)50-29-39(5)40(6)53(36-50)44-19-14-11-15-20-44)47-30-48(32-49(31-47)60(7,8)9)55-35-45(27-28-61-55)43-25-23-42(24-26-43)41-17-12-10-13-18-41/h10-38,64H,1-9H3/i5D3,6D3. The van der Waals surface area contributed by atoms with Crippen molar-refractivity contribution in [3.63, 3.8) is 0 Å². The van der Waals surface area contributed by atoms with Gasteiger partial charge < -0.3 is 5.11 Å². The summed E-state index contributed by atoms with van der Waals surface area (Å²) in [4.78, 5) is 10.4. The van der Waals surface area contributed by atoms with Crippen molar-refractivity contribution in [2.24, 2.45) is 0 Å². The molecule has 2 aromatic heterocycles. The minimum absolute atomic E-state index is 0.0319. The van der Waals surface area contributed by atoms with E-state index >= 15 is 0 Å². The molecule has 0 spiro atoms. The molecule has 9 aromatic rings. The first kappa shape index (κ1) is 35.4. The summed E-state index contributed by atoms with van der Waals surface area (Å²) >= 11 is 0. The number of phenolic OH excluding ortho intramolecular Hbond substituents is 1. The Hall–Kier alpha value is -7.04. The highest BCUT2D eigenvalue weighted by atomic mass is 16.3. The molecular formula is C60H57N3O. The second-order valence-corrected chi connectivity index (χ2v) is 18.5. The number of aryl methyl sites for hydroxylation is 1. The smallest absolute Gasteiger partial charge is 0.149 e. The van der Waals surface area contributed by atoms with Crippen molar-refractivity contribution >= 4 is 11.0 Å². The van der Waals surface area contributed by atoms with E-state index in [4.69, 9.17) is 18.2 Å². The van der Waals surface area contributed by atoms with Crippen LogP contribution in [0.1, 0.15) is 96.3 Å². The van der Waals surface area contributed by atoms with E-state index in [0.717, 1.165) is 61.3 Å². The highest BCUT2D eigenvalue weighted by Gasteiger charge is 2.25. The minimum Gasteiger partial charge on any atom is -0.507 e. The maximum atomic E-state index is 12.3. The van der Waals surface area contributed by atoms with Crippen molar-refractivity contribution in [3.8, 4) is 78.6 Å². The molecule has 0 saturated carbocycles. The van der Waals surface area contributed by atoms with Gasteiger partial charge in [0.25, 0.3) is 0 Å². The van der Waals surface area contributed by atoms with Gasteiger partial charge in [-0.25, -0.2) is 4.98 Å². The summed E-state index contributed by atoms with van der Waals surface area (Å²) < 4.78 is 54.2. The van der Waals surface area contributed by atoms with Crippen LogP contribution in [-0.4, -0.2) is 19.6 Å². The fourth-order valence-electron chi connectivity index (χ4n) is 8.62. The van der Waals surface area contributed by atoms with Crippen molar-refractivity contribution in [2.45, 2.75) is 79.4 Å². The number of nitrogens with zero attached hydrogens (tertiary/aromatic N) is 3. The van der Waals surface area contributed by atoms with E-state index in [2.05, 4.69) is 95.3 Å². The highest BCUT2D eigenvalue weighted by molar-refractivity contribution is 5.97. The van der Waals surface area contributed by atoms with Gasteiger partial charge in [0.15, 0.2) is 0 Å². The zero-order valence-electron chi connectivity index (χ0n) is 43.5. The minimum atomic E-state index is -2.80. The molecule has 0 amide bonds. The molecule has 7 aromatic carbocycles. The average Bonchev–Trinajstić information content (AvgIpc) is 3.73. The number of imidazole rings is 1. The van der Waals surface area contributed by atoms with Crippen LogP contribution in [0.4, 0.5) is 0 Å². The van der Waals surface area contributed by atoms with Gasteiger partial charge in [-0.1, -0.05) is 158 Å². The van der Waals surface area contributed by atoms with E-state index in [-0.39, 0.29) is 39.7 Å². The van der Waals surface area contributed by atoms with E-state index in [9.17, 15) is 5.11 Å². The Morgan fingerprint density at radius 2 is 1.23 bits per heavy atom. The van der Waals surface area contributed by atoms with Crippen molar-refractivity contribution < 1.29 is 13.3 Å². The Labute approximate surface area is 387 Å². The van der Waals surface area contributed by atoms with Gasteiger partial charge >= 0.3 is 0 Å². The number of aromatic nitrogens is 3. The van der Waals surface area contributed by atoms with Gasteiger partial charge in [-0.15, -0.1) is 0 Å². The molecule has 0 saturated heterocycles. The molecule has 0 aliphatic carbocycles. The van der Waals surface area contributed by atoms with Crippen LogP contribution in [0.2, 0.25) is 0 Å². The lowest BCUT2D eigenvalue weighted by molar-refractivity contribution is 0.466. The number of aromatic hydroxyl groups is 1. The number of pyridine rings is 1. The van der Waals surface area contributed by atoms with Gasteiger partial charge in [-0.2, -0.15) is 0 Å². The first-order valence-electron chi connectivity index (χ1n) is 25.1. The number of hydrogen-bond acceptors (Lipinski definition) is 3. The topological polar surface area (TPSA) is 50.9 Å². The van der Waals surface area contributed by atoms with Gasteiger partial charge in [-0.3, -0.25) is 9.55 Å². The Morgan fingerprint density at radius 1 is 0.562 bits per heavy atom. The van der Waals surface area contributed by atoms with Gasteiger partial charge in [-0.05, 0) is 146 Å². The summed E-state index contributed by atoms with van der Waals surface area (Å²) in [5, 5.41) is 12.3. The van der Waals surface area contributed by atoms with Gasteiger partial charge in [0, 0.05) is 31.2 Å². The quantitative estimate of drug-likeness (QED) is 0.157. The summed E-state index contributed by atoms with van der Waals surface area (Å²) in [5.74, 6) is 0.542. The molecule has 0 bridgehead atoms. The highest BCUT2D eigenvalue weighted by Crippen LogP contribution is 2.44. The lowest BCUT2D eigenvalue weighted by Gasteiger charge is -2.22. The Bertz CT molecular complexity index is 3380. The number of fused-ring (bicyclic) bond motifs is 1. The summed E-state index contributed by atoms with van der Waals surface area (Å²) in [6.45, 7) is 9.31. The van der Waals surface area contributed by atoms with Crippen LogP contribution < -0.4 is 0 Å². The zero-order chi connectivity index (χ0) is 49.9. The third kappa shape index (κ3) is 8.05. The molecule has 1 N–H and O–H groups in total. The molecule has 4 heteroatoms. The first-order chi connectivity index (χ1) is 33.2. The molecule has 2 heterocycles. The van der Waals surface area contributed by atoms with E-state index in [1.54, 1.807) is 18.2 Å². The van der Waals surface area contributed by atoms with Crippen LogP contribution in [-0.2, 0) is 5.41 Å². The Balaban J connectivity index is 1.31. The van der Waals surface area contributed by atoms with Crippen LogP contribution in [0.5, 0.6) is 5.75 Å². The maximum Gasteiger partial charge on any atom is 0.149 e. The van der Waals surface area contributed by atoms with E-state index in [0.29, 0.717) is 33.7 Å². The normalized spacial score (nSPS) is 13.6. The number of phenols is 1. The molecule has 0 aliphatic rings. The molecule has 0 fully saturated rings. The summed E-state index contributed by atoms with van der Waals surface area (Å²) in [6.07, 6.45) is 1.85. The number of benzene rings is 7. The zero-order valence-corrected chi connectivity index (χ0v) is 37.5. The van der Waals surface area contributed by atoms with E-state index in [1.807, 2.05) is 97.4 Å². The molecular weight excluding hydrogens is 779 g/mol. The van der Waals surface area contributed by atoms with E-state index in [1.165, 1.54) is 6.07 Å². The van der Waals surface area contributed by atoms with Crippen LogP contribution in [0.15, 0.2) is 164 Å². The molecule has 0 atom stereocenters. The van der Waals surface area contributed by atoms with Gasteiger partial charge in [0.1, 0.15) is 11.6 Å². The molecule has 0 unspecified atom stereocenters. The molecule has 318 valence electrons. The van der Waals surface area contributed by atoms with Crippen molar-refractivity contribution in [3.05, 3.63) is 192 Å². The molecule has 9 rings (SSSR count). The monoisotopic (exact) mass is 841 g/mol. The van der Waals surface area contributed by atoms with Crippen LogP contribution in [0.3, 0.4) is 0 Å². The average molecular weight is 842 g/mol. The lowest BCUT2D eigenvalue weighted by Crippen LogP contribution is -2.11. The van der Waals surface area contributed by atoms with Crippen LogP contribution >= 0.6 is 0 Å². The fraction of sp³-hybridized carbons (Fsp3) is 0.200. The summed E-state index contributed by atoms with van der Waals surface area (Å²) in [7, 11) is 0. The molecule has 64 heavy (non-hydrogen) atoms. The number of rotatable bonds is 9. The third-order valence-electron chi connectivity index (χ3n) is 12.3. The van der Waals surface area contributed by atoms with Crippen molar-refractivity contribution in [1.29, 1.82) is 0 Å². The fourth-order valence-corrected chi connectivity index (χ4v) is 8.62. The van der Waals surface area contributed by atoms with Crippen molar-refractivity contribution in [1.82, 2.24) is 14.5 Å². The van der Waals surface area contributed by atoms with Crippen LogP contribution in [0, 0.1) is 13.7 Å². The lowest BCUT2D eigenvalue weighted by atomic mass is 9.83. The second kappa shape index (κ2) is 16.9. The summed E-state index contributed by atoms with van der Waals surface area (Å²) in [6, 6.07) is 51.8. The first-order valence-corrected chi connectivity index (χ1v) is 22.1.